The first-order chi connectivity index (χ1) is 10.1. The molecule has 1 N–H and O–H groups in total. The summed E-state index contributed by atoms with van der Waals surface area (Å²) in [6.07, 6.45) is 3.34. The standard InChI is InChI=1S/C17H24ClNO2/c1-4-11(2)15(17(20)21-3)19-16(12-5-6-12)13-7-9-14(18)10-8-13/h7-12,15-16,19H,4-6H2,1-3H3. The molecule has 0 aromatic heterocycles. The molecule has 1 aromatic rings. The van der Waals surface area contributed by atoms with Crippen molar-refractivity contribution in [3.8, 4) is 0 Å². The molecular weight excluding hydrogens is 286 g/mol. The molecule has 4 heteroatoms. The molecule has 2 rings (SSSR count). The molecule has 1 fully saturated rings. The number of ether oxygens (including phenoxy) is 1. The van der Waals surface area contributed by atoms with Crippen molar-refractivity contribution in [3.63, 3.8) is 0 Å². The number of benzene rings is 1. The Morgan fingerprint density at radius 1 is 1.38 bits per heavy atom. The third-order valence-corrected chi connectivity index (χ3v) is 4.60. The van der Waals surface area contributed by atoms with E-state index in [2.05, 4.69) is 19.2 Å². The van der Waals surface area contributed by atoms with E-state index in [0.717, 1.165) is 11.4 Å². The van der Waals surface area contributed by atoms with E-state index in [1.54, 1.807) is 0 Å². The maximum atomic E-state index is 12.1. The van der Waals surface area contributed by atoms with Crippen LogP contribution in [-0.2, 0) is 9.53 Å². The molecule has 0 radical (unpaired) electrons. The van der Waals surface area contributed by atoms with Crippen molar-refractivity contribution in [1.82, 2.24) is 5.32 Å². The second kappa shape index (κ2) is 7.28. The van der Waals surface area contributed by atoms with Crippen molar-refractivity contribution < 1.29 is 9.53 Å². The smallest absolute Gasteiger partial charge is 0.323 e. The molecule has 0 bridgehead atoms. The summed E-state index contributed by atoms with van der Waals surface area (Å²) in [5.74, 6) is 0.664. The van der Waals surface area contributed by atoms with E-state index in [-0.39, 0.29) is 24.0 Å². The second-order valence-electron chi connectivity index (χ2n) is 5.92. The number of esters is 1. The molecule has 21 heavy (non-hydrogen) atoms. The largest absolute Gasteiger partial charge is 0.468 e. The highest BCUT2D eigenvalue weighted by atomic mass is 35.5. The zero-order chi connectivity index (χ0) is 15.4. The van der Waals surface area contributed by atoms with Crippen molar-refractivity contribution >= 4 is 17.6 Å². The average molecular weight is 310 g/mol. The quantitative estimate of drug-likeness (QED) is 0.775. The number of hydrogen-bond donors (Lipinski definition) is 1. The predicted octanol–water partition coefficient (Wildman–Crippen LogP) is 3.97. The molecule has 3 nitrogen and oxygen atoms in total. The molecule has 0 saturated heterocycles. The number of nitrogens with one attached hydrogen (secondary N) is 1. The van der Waals surface area contributed by atoms with Gasteiger partial charge in [0.05, 0.1) is 7.11 Å². The van der Waals surface area contributed by atoms with Crippen LogP contribution in [0.4, 0.5) is 0 Å². The normalized spacial score (nSPS) is 18.9. The summed E-state index contributed by atoms with van der Waals surface area (Å²) < 4.78 is 4.97. The van der Waals surface area contributed by atoms with Gasteiger partial charge in [-0.05, 0) is 42.4 Å². The van der Waals surface area contributed by atoms with Crippen molar-refractivity contribution in [1.29, 1.82) is 0 Å². The van der Waals surface area contributed by atoms with Crippen LogP contribution in [0.3, 0.4) is 0 Å². The van der Waals surface area contributed by atoms with Crippen molar-refractivity contribution in [2.45, 2.75) is 45.2 Å². The number of halogens is 1. The number of methoxy groups -OCH3 is 1. The molecule has 1 aliphatic rings. The molecule has 0 amide bonds. The molecule has 1 aromatic carbocycles. The average Bonchev–Trinajstić information content (AvgIpc) is 3.33. The Bertz CT molecular complexity index is 470. The van der Waals surface area contributed by atoms with E-state index in [1.165, 1.54) is 25.5 Å². The summed E-state index contributed by atoms with van der Waals surface area (Å²) in [7, 11) is 1.45. The van der Waals surface area contributed by atoms with E-state index in [1.807, 2.05) is 24.3 Å². The van der Waals surface area contributed by atoms with Crippen LogP contribution in [0.2, 0.25) is 5.02 Å². The summed E-state index contributed by atoms with van der Waals surface area (Å²) in [5.41, 5.74) is 1.19. The maximum absolute atomic E-state index is 12.1. The fraction of sp³-hybridized carbons (Fsp3) is 0.588. The van der Waals surface area contributed by atoms with Gasteiger partial charge >= 0.3 is 5.97 Å². The molecular formula is C17H24ClNO2. The van der Waals surface area contributed by atoms with Gasteiger partial charge in [-0.2, -0.15) is 0 Å². The molecule has 3 atom stereocenters. The van der Waals surface area contributed by atoms with E-state index >= 15 is 0 Å². The van der Waals surface area contributed by atoms with Crippen LogP contribution in [0, 0.1) is 11.8 Å². The molecule has 1 aliphatic carbocycles. The Labute approximate surface area is 132 Å². The van der Waals surface area contributed by atoms with Gasteiger partial charge in [-0.15, -0.1) is 0 Å². The minimum Gasteiger partial charge on any atom is -0.468 e. The van der Waals surface area contributed by atoms with Crippen LogP contribution >= 0.6 is 11.6 Å². The van der Waals surface area contributed by atoms with Gasteiger partial charge in [0.2, 0.25) is 0 Å². The van der Waals surface area contributed by atoms with Crippen molar-refractivity contribution in [2.75, 3.05) is 7.11 Å². The summed E-state index contributed by atoms with van der Waals surface area (Å²) in [5, 5.41) is 4.27. The van der Waals surface area contributed by atoms with Gasteiger partial charge in [-0.25, -0.2) is 0 Å². The second-order valence-corrected chi connectivity index (χ2v) is 6.36. The lowest BCUT2D eigenvalue weighted by Gasteiger charge is -2.28. The summed E-state index contributed by atoms with van der Waals surface area (Å²) in [6, 6.07) is 7.84. The van der Waals surface area contributed by atoms with Gasteiger partial charge in [-0.3, -0.25) is 10.1 Å². The number of rotatable bonds is 7. The van der Waals surface area contributed by atoms with Crippen LogP contribution in [0.1, 0.15) is 44.7 Å². The Morgan fingerprint density at radius 2 is 2.00 bits per heavy atom. The van der Waals surface area contributed by atoms with E-state index < -0.39 is 0 Å². The first kappa shape index (κ1) is 16.3. The lowest BCUT2D eigenvalue weighted by Crippen LogP contribution is -2.45. The highest BCUT2D eigenvalue weighted by Gasteiger charge is 2.36. The maximum Gasteiger partial charge on any atom is 0.323 e. The molecule has 1 saturated carbocycles. The van der Waals surface area contributed by atoms with Crippen LogP contribution < -0.4 is 5.32 Å². The van der Waals surface area contributed by atoms with Gasteiger partial charge in [0.1, 0.15) is 6.04 Å². The molecule has 0 heterocycles. The SMILES string of the molecule is CCC(C)C(NC(c1ccc(Cl)cc1)C1CC1)C(=O)OC. The van der Waals surface area contributed by atoms with Gasteiger partial charge < -0.3 is 4.74 Å². The minimum atomic E-state index is -0.263. The van der Waals surface area contributed by atoms with E-state index in [4.69, 9.17) is 16.3 Å². The Morgan fingerprint density at radius 3 is 2.48 bits per heavy atom. The fourth-order valence-corrected chi connectivity index (χ4v) is 2.75. The highest BCUT2D eigenvalue weighted by Crippen LogP contribution is 2.41. The third kappa shape index (κ3) is 4.21. The lowest BCUT2D eigenvalue weighted by atomic mass is 9.95. The number of carbonyl (C=O) groups is 1. The summed E-state index contributed by atoms with van der Waals surface area (Å²) in [6.45, 7) is 4.18. The number of hydrogen-bond acceptors (Lipinski definition) is 3. The van der Waals surface area contributed by atoms with Gasteiger partial charge in [0.15, 0.2) is 0 Å². The van der Waals surface area contributed by atoms with Crippen LogP contribution in [0.5, 0.6) is 0 Å². The van der Waals surface area contributed by atoms with Crippen molar-refractivity contribution in [3.05, 3.63) is 34.9 Å². The van der Waals surface area contributed by atoms with E-state index in [0.29, 0.717) is 5.92 Å². The molecule has 0 spiro atoms. The zero-order valence-electron chi connectivity index (χ0n) is 12.9. The minimum absolute atomic E-state index is 0.177. The first-order valence-corrected chi connectivity index (χ1v) is 8.04. The van der Waals surface area contributed by atoms with Crippen LogP contribution in [0.15, 0.2) is 24.3 Å². The monoisotopic (exact) mass is 309 g/mol. The fourth-order valence-electron chi connectivity index (χ4n) is 2.62. The third-order valence-electron chi connectivity index (χ3n) is 4.35. The first-order valence-electron chi connectivity index (χ1n) is 7.66. The molecule has 3 unspecified atom stereocenters. The van der Waals surface area contributed by atoms with Gasteiger partial charge in [0, 0.05) is 11.1 Å². The summed E-state index contributed by atoms with van der Waals surface area (Å²) in [4.78, 5) is 12.1. The topological polar surface area (TPSA) is 38.3 Å². The highest BCUT2D eigenvalue weighted by molar-refractivity contribution is 6.30. The lowest BCUT2D eigenvalue weighted by molar-refractivity contribution is -0.144. The molecule has 0 aliphatic heterocycles. The van der Waals surface area contributed by atoms with Crippen LogP contribution in [0.25, 0.3) is 0 Å². The van der Waals surface area contributed by atoms with Crippen LogP contribution in [-0.4, -0.2) is 19.1 Å². The Balaban J connectivity index is 2.17. The van der Waals surface area contributed by atoms with Crippen molar-refractivity contribution in [2.24, 2.45) is 11.8 Å². The number of carbonyl (C=O) groups excluding carboxylic acids is 1. The summed E-state index contributed by atoms with van der Waals surface area (Å²) >= 11 is 5.97. The Kier molecular flexibility index (Phi) is 5.65. The predicted molar refractivity (Wildman–Crippen MR) is 85.3 cm³/mol. The van der Waals surface area contributed by atoms with Gasteiger partial charge in [-0.1, -0.05) is 44.0 Å². The van der Waals surface area contributed by atoms with Gasteiger partial charge in [0.25, 0.3) is 0 Å². The van der Waals surface area contributed by atoms with E-state index in [9.17, 15) is 4.79 Å². The Hall–Kier alpha value is -1.06. The molecule has 116 valence electrons. The zero-order valence-corrected chi connectivity index (χ0v) is 13.7.